The van der Waals surface area contributed by atoms with Crippen LogP contribution < -0.4 is 10.6 Å². The van der Waals surface area contributed by atoms with E-state index < -0.39 is 0 Å². The molecule has 1 unspecified atom stereocenters. The number of hydrogen-bond acceptors (Lipinski definition) is 3. The van der Waals surface area contributed by atoms with Gasteiger partial charge in [-0.15, -0.1) is 0 Å². The Morgan fingerprint density at radius 2 is 1.79 bits per heavy atom. The predicted octanol–water partition coefficient (Wildman–Crippen LogP) is 3.57. The number of hydrogen-bond donors (Lipinski definition) is 2. The van der Waals surface area contributed by atoms with Gasteiger partial charge >= 0.3 is 6.03 Å². The monoisotopic (exact) mass is 406 g/mol. The van der Waals surface area contributed by atoms with Gasteiger partial charge in [-0.05, 0) is 50.8 Å². The average Bonchev–Trinajstić information content (AvgIpc) is 3.16. The number of carbonyl (C=O) groups is 2. The van der Waals surface area contributed by atoms with Crippen LogP contribution in [0.2, 0.25) is 5.02 Å². The second-order valence-electron chi connectivity index (χ2n) is 8.12. The first kappa shape index (κ1) is 20.9. The molecule has 3 rings (SSSR count). The van der Waals surface area contributed by atoms with Crippen LogP contribution in [-0.4, -0.2) is 60.0 Å². The zero-order valence-electron chi connectivity index (χ0n) is 16.8. The van der Waals surface area contributed by atoms with Gasteiger partial charge in [0.2, 0.25) is 5.91 Å². The molecule has 1 atom stereocenters. The molecule has 1 aromatic carbocycles. The number of piperazine rings is 1. The van der Waals surface area contributed by atoms with E-state index in [9.17, 15) is 9.59 Å². The van der Waals surface area contributed by atoms with E-state index in [0.717, 1.165) is 25.9 Å². The molecule has 0 aromatic heterocycles. The zero-order chi connectivity index (χ0) is 20.1. The van der Waals surface area contributed by atoms with Gasteiger partial charge in [-0.25, -0.2) is 4.79 Å². The van der Waals surface area contributed by atoms with Crippen molar-refractivity contribution in [3.05, 3.63) is 29.3 Å². The molecule has 154 valence electrons. The van der Waals surface area contributed by atoms with E-state index in [-0.39, 0.29) is 24.0 Å². The van der Waals surface area contributed by atoms with Gasteiger partial charge in [0.15, 0.2) is 0 Å². The molecule has 0 radical (unpaired) electrons. The first-order valence-corrected chi connectivity index (χ1v) is 10.7. The van der Waals surface area contributed by atoms with Crippen molar-refractivity contribution >= 4 is 29.2 Å². The van der Waals surface area contributed by atoms with Crippen molar-refractivity contribution in [3.63, 3.8) is 0 Å². The third-order valence-electron chi connectivity index (χ3n) is 5.62. The second kappa shape index (κ2) is 9.61. The molecule has 1 aliphatic carbocycles. The Balaban J connectivity index is 1.58. The third kappa shape index (κ3) is 5.39. The Bertz CT molecular complexity index is 683. The lowest BCUT2D eigenvalue weighted by molar-refractivity contribution is -0.129. The lowest BCUT2D eigenvalue weighted by Gasteiger charge is -2.41. The third-order valence-corrected chi connectivity index (χ3v) is 5.85. The highest BCUT2D eigenvalue weighted by atomic mass is 35.5. The molecule has 0 spiro atoms. The minimum absolute atomic E-state index is 0.0805. The normalized spacial score (nSPS) is 19.6. The highest BCUT2D eigenvalue weighted by Crippen LogP contribution is 2.31. The van der Waals surface area contributed by atoms with E-state index in [4.69, 9.17) is 11.6 Å². The molecule has 2 N–H and O–H groups in total. The predicted molar refractivity (Wildman–Crippen MR) is 113 cm³/mol. The number of benzene rings is 1. The van der Waals surface area contributed by atoms with Crippen LogP contribution in [0, 0.1) is 5.92 Å². The average molecular weight is 407 g/mol. The van der Waals surface area contributed by atoms with Crippen molar-refractivity contribution in [1.82, 2.24) is 15.1 Å². The summed E-state index contributed by atoms with van der Waals surface area (Å²) >= 11 is 5.99. The molecule has 1 saturated carbocycles. The fourth-order valence-corrected chi connectivity index (χ4v) is 4.48. The standard InChI is InChI=1S/C21H31ClN4O2/c1-15(2)23-20(27)19(16-6-3-4-7-16)25-10-12-26(13-11-25)21(28)24-18-9-5-8-17(22)14-18/h5,8-9,14-16,19H,3-4,6-7,10-13H2,1-2H3,(H,23,27)(H,24,28). The van der Waals surface area contributed by atoms with Gasteiger partial charge in [-0.1, -0.05) is 30.5 Å². The highest BCUT2D eigenvalue weighted by Gasteiger charge is 2.37. The first-order valence-electron chi connectivity index (χ1n) is 10.3. The summed E-state index contributed by atoms with van der Waals surface area (Å²) in [6.45, 7) is 6.67. The van der Waals surface area contributed by atoms with Crippen LogP contribution in [-0.2, 0) is 4.79 Å². The van der Waals surface area contributed by atoms with Gasteiger partial charge in [0.05, 0.1) is 6.04 Å². The molecule has 7 heteroatoms. The summed E-state index contributed by atoms with van der Waals surface area (Å²) in [6, 6.07) is 7.10. The van der Waals surface area contributed by atoms with E-state index in [2.05, 4.69) is 15.5 Å². The van der Waals surface area contributed by atoms with Crippen molar-refractivity contribution in [2.75, 3.05) is 31.5 Å². The molecule has 1 aromatic rings. The van der Waals surface area contributed by atoms with Crippen LogP contribution in [0.25, 0.3) is 0 Å². The molecule has 1 aliphatic heterocycles. The number of anilines is 1. The summed E-state index contributed by atoms with van der Waals surface area (Å²) in [5, 5.41) is 6.60. The van der Waals surface area contributed by atoms with Crippen molar-refractivity contribution in [1.29, 1.82) is 0 Å². The van der Waals surface area contributed by atoms with E-state index in [1.165, 1.54) is 12.8 Å². The maximum atomic E-state index is 12.9. The van der Waals surface area contributed by atoms with E-state index in [0.29, 0.717) is 29.7 Å². The highest BCUT2D eigenvalue weighted by molar-refractivity contribution is 6.30. The van der Waals surface area contributed by atoms with Gasteiger partial charge in [-0.3, -0.25) is 9.69 Å². The van der Waals surface area contributed by atoms with Crippen molar-refractivity contribution < 1.29 is 9.59 Å². The fraction of sp³-hybridized carbons (Fsp3) is 0.619. The number of rotatable bonds is 5. The SMILES string of the molecule is CC(C)NC(=O)C(C1CCCC1)N1CCN(C(=O)Nc2cccc(Cl)c2)CC1. The van der Waals surface area contributed by atoms with Crippen molar-refractivity contribution in [2.24, 2.45) is 5.92 Å². The molecule has 3 amide bonds. The maximum absolute atomic E-state index is 12.9. The van der Waals surface area contributed by atoms with Gasteiger partial charge in [0.25, 0.3) is 0 Å². The molecule has 28 heavy (non-hydrogen) atoms. The Labute approximate surface area is 172 Å². The molecule has 6 nitrogen and oxygen atoms in total. The minimum atomic E-state index is -0.119. The molecule has 2 fully saturated rings. The van der Waals surface area contributed by atoms with Crippen LogP contribution in [0.4, 0.5) is 10.5 Å². The quantitative estimate of drug-likeness (QED) is 0.785. The number of carbonyl (C=O) groups excluding carboxylic acids is 2. The van der Waals surface area contributed by atoms with Crippen molar-refractivity contribution in [3.8, 4) is 0 Å². The van der Waals surface area contributed by atoms with Crippen LogP contribution in [0.15, 0.2) is 24.3 Å². The lowest BCUT2D eigenvalue weighted by Crippen LogP contribution is -2.59. The van der Waals surface area contributed by atoms with Crippen molar-refractivity contribution in [2.45, 2.75) is 51.6 Å². The molecule has 1 saturated heterocycles. The Kier molecular flexibility index (Phi) is 7.18. The van der Waals surface area contributed by atoms with Crippen LogP contribution >= 0.6 is 11.6 Å². The number of nitrogens with one attached hydrogen (secondary N) is 2. The van der Waals surface area contributed by atoms with Crippen LogP contribution in [0.3, 0.4) is 0 Å². The first-order chi connectivity index (χ1) is 13.4. The Morgan fingerprint density at radius 1 is 1.11 bits per heavy atom. The number of halogens is 1. The van der Waals surface area contributed by atoms with Gasteiger partial charge in [-0.2, -0.15) is 0 Å². The molecular weight excluding hydrogens is 376 g/mol. The molecular formula is C21H31ClN4O2. The van der Waals surface area contributed by atoms with Gasteiger partial charge in [0, 0.05) is 42.9 Å². The number of amides is 3. The second-order valence-corrected chi connectivity index (χ2v) is 8.55. The van der Waals surface area contributed by atoms with Gasteiger partial charge in [0.1, 0.15) is 0 Å². The largest absolute Gasteiger partial charge is 0.353 e. The van der Waals surface area contributed by atoms with E-state index in [1.54, 1.807) is 12.1 Å². The Morgan fingerprint density at radius 3 is 2.39 bits per heavy atom. The summed E-state index contributed by atoms with van der Waals surface area (Å²) in [5.41, 5.74) is 0.695. The summed E-state index contributed by atoms with van der Waals surface area (Å²) < 4.78 is 0. The smallest absolute Gasteiger partial charge is 0.321 e. The molecule has 0 bridgehead atoms. The molecule has 1 heterocycles. The van der Waals surface area contributed by atoms with Gasteiger partial charge < -0.3 is 15.5 Å². The fourth-order valence-electron chi connectivity index (χ4n) is 4.29. The van der Waals surface area contributed by atoms with E-state index >= 15 is 0 Å². The van der Waals surface area contributed by atoms with Crippen LogP contribution in [0.5, 0.6) is 0 Å². The summed E-state index contributed by atoms with van der Waals surface area (Å²) in [5.74, 6) is 0.560. The van der Waals surface area contributed by atoms with E-state index in [1.807, 2.05) is 30.9 Å². The minimum Gasteiger partial charge on any atom is -0.353 e. The lowest BCUT2D eigenvalue weighted by atomic mass is 9.94. The summed E-state index contributed by atoms with van der Waals surface area (Å²) in [4.78, 5) is 29.5. The van der Waals surface area contributed by atoms with Crippen LogP contribution in [0.1, 0.15) is 39.5 Å². The zero-order valence-corrected chi connectivity index (χ0v) is 17.5. The number of urea groups is 1. The molecule has 2 aliphatic rings. The summed E-state index contributed by atoms with van der Waals surface area (Å²) in [6.07, 6.45) is 4.65. The maximum Gasteiger partial charge on any atom is 0.321 e. The topological polar surface area (TPSA) is 64.7 Å². The Hall–Kier alpha value is -1.79. The number of nitrogens with zero attached hydrogens (tertiary/aromatic N) is 2. The summed E-state index contributed by atoms with van der Waals surface area (Å²) in [7, 11) is 0.